The van der Waals surface area contributed by atoms with Crippen LogP contribution in [0.15, 0.2) is 58.4 Å². The number of guanidine groups is 1. The van der Waals surface area contributed by atoms with E-state index in [0.29, 0.717) is 12.5 Å². The summed E-state index contributed by atoms with van der Waals surface area (Å²) in [7, 11) is 1.64. The lowest BCUT2D eigenvalue weighted by molar-refractivity contribution is 0.415. The second-order valence-electron chi connectivity index (χ2n) is 4.40. The van der Waals surface area contributed by atoms with E-state index >= 15 is 0 Å². The first kappa shape index (κ1) is 15.3. The van der Waals surface area contributed by atoms with Gasteiger partial charge in [-0.1, -0.05) is 12.1 Å². The van der Waals surface area contributed by atoms with Crippen molar-refractivity contribution in [1.82, 2.24) is 0 Å². The molecule has 21 heavy (non-hydrogen) atoms. The fourth-order valence-corrected chi connectivity index (χ4v) is 2.18. The van der Waals surface area contributed by atoms with Crippen molar-refractivity contribution in [3.8, 4) is 5.75 Å². The molecule has 110 valence electrons. The SMILES string of the molecule is COc1ccc(NC(N)=NCc2ccc(SC)cc2)cc1. The van der Waals surface area contributed by atoms with E-state index in [1.165, 1.54) is 4.90 Å². The van der Waals surface area contributed by atoms with Gasteiger partial charge < -0.3 is 15.8 Å². The minimum atomic E-state index is 0.397. The highest BCUT2D eigenvalue weighted by Crippen LogP contribution is 2.16. The lowest BCUT2D eigenvalue weighted by atomic mass is 10.2. The predicted octanol–water partition coefficient (Wildman–Crippen LogP) is 3.34. The molecule has 0 spiro atoms. The number of nitrogens with one attached hydrogen (secondary N) is 1. The van der Waals surface area contributed by atoms with Crippen LogP contribution in [-0.2, 0) is 6.54 Å². The van der Waals surface area contributed by atoms with E-state index in [4.69, 9.17) is 10.5 Å². The number of rotatable bonds is 5. The monoisotopic (exact) mass is 301 g/mol. The number of methoxy groups -OCH3 is 1. The topological polar surface area (TPSA) is 59.6 Å². The Bertz CT molecular complexity index is 594. The van der Waals surface area contributed by atoms with Gasteiger partial charge in [0, 0.05) is 10.6 Å². The summed E-state index contributed by atoms with van der Waals surface area (Å²) in [4.78, 5) is 5.58. The number of ether oxygens (including phenoxy) is 1. The molecule has 2 aromatic rings. The normalized spacial score (nSPS) is 11.2. The number of hydrogen-bond donors (Lipinski definition) is 2. The molecule has 3 N–H and O–H groups in total. The highest BCUT2D eigenvalue weighted by molar-refractivity contribution is 7.98. The van der Waals surface area contributed by atoms with Gasteiger partial charge in [0.1, 0.15) is 5.75 Å². The Hall–Kier alpha value is -2.14. The molecule has 0 atom stereocenters. The molecular formula is C16H19N3OS. The van der Waals surface area contributed by atoms with Crippen LogP contribution >= 0.6 is 11.8 Å². The molecule has 0 aliphatic heterocycles. The van der Waals surface area contributed by atoms with E-state index in [0.717, 1.165) is 17.0 Å². The van der Waals surface area contributed by atoms with E-state index in [9.17, 15) is 0 Å². The number of nitrogens with zero attached hydrogens (tertiary/aromatic N) is 1. The zero-order valence-corrected chi connectivity index (χ0v) is 13.0. The lowest BCUT2D eigenvalue weighted by Gasteiger charge is -2.07. The molecule has 4 nitrogen and oxygen atoms in total. The Morgan fingerprint density at radius 2 is 1.81 bits per heavy atom. The van der Waals surface area contributed by atoms with Gasteiger partial charge in [0.25, 0.3) is 0 Å². The Morgan fingerprint density at radius 3 is 2.38 bits per heavy atom. The highest BCUT2D eigenvalue weighted by Gasteiger charge is 1.97. The number of benzene rings is 2. The van der Waals surface area contributed by atoms with E-state index < -0.39 is 0 Å². The number of anilines is 1. The largest absolute Gasteiger partial charge is 0.497 e. The molecule has 0 aliphatic rings. The van der Waals surface area contributed by atoms with Crippen molar-refractivity contribution < 1.29 is 4.74 Å². The zero-order valence-electron chi connectivity index (χ0n) is 12.2. The molecule has 0 saturated carbocycles. The fourth-order valence-electron chi connectivity index (χ4n) is 1.77. The molecule has 0 bridgehead atoms. The van der Waals surface area contributed by atoms with Gasteiger partial charge in [0.15, 0.2) is 5.96 Å². The van der Waals surface area contributed by atoms with Gasteiger partial charge in [-0.05, 0) is 48.2 Å². The molecule has 0 aliphatic carbocycles. The van der Waals surface area contributed by atoms with Crippen LogP contribution in [0, 0.1) is 0 Å². The maximum absolute atomic E-state index is 5.88. The van der Waals surface area contributed by atoms with E-state index in [1.807, 2.05) is 24.3 Å². The third kappa shape index (κ3) is 4.72. The number of nitrogens with two attached hydrogens (primary N) is 1. The molecule has 0 amide bonds. The van der Waals surface area contributed by atoms with Gasteiger partial charge in [-0.2, -0.15) is 0 Å². The third-order valence-electron chi connectivity index (χ3n) is 2.95. The number of aliphatic imine (C=N–C) groups is 1. The van der Waals surface area contributed by atoms with Gasteiger partial charge in [-0.15, -0.1) is 11.8 Å². The predicted molar refractivity (Wildman–Crippen MR) is 90.2 cm³/mol. The van der Waals surface area contributed by atoms with Crippen LogP contribution in [0.25, 0.3) is 0 Å². The average molecular weight is 301 g/mol. The van der Waals surface area contributed by atoms with Gasteiger partial charge in [-0.3, -0.25) is 0 Å². The van der Waals surface area contributed by atoms with Crippen LogP contribution in [-0.4, -0.2) is 19.3 Å². The Balaban J connectivity index is 1.93. The average Bonchev–Trinajstić information content (AvgIpc) is 2.54. The smallest absolute Gasteiger partial charge is 0.193 e. The van der Waals surface area contributed by atoms with Crippen LogP contribution in [0.4, 0.5) is 5.69 Å². The highest BCUT2D eigenvalue weighted by atomic mass is 32.2. The van der Waals surface area contributed by atoms with E-state index in [2.05, 4.69) is 40.8 Å². The molecule has 0 radical (unpaired) electrons. The molecule has 0 fully saturated rings. The summed E-state index contributed by atoms with van der Waals surface area (Å²) in [5.41, 5.74) is 7.90. The van der Waals surface area contributed by atoms with Crippen LogP contribution in [0.1, 0.15) is 5.56 Å². The summed E-state index contributed by atoms with van der Waals surface area (Å²) in [6.07, 6.45) is 2.06. The maximum atomic E-state index is 5.88. The van der Waals surface area contributed by atoms with E-state index in [-0.39, 0.29) is 0 Å². The molecule has 2 rings (SSSR count). The van der Waals surface area contributed by atoms with E-state index in [1.54, 1.807) is 18.9 Å². The Morgan fingerprint density at radius 1 is 1.14 bits per heavy atom. The van der Waals surface area contributed by atoms with Gasteiger partial charge in [-0.25, -0.2) is 4.99 Å². The van der Waals surface area contributed by atoms with Crippen LogP contribution in [0.2, 0.25) is 0 Å². The van der Waals surface area contributed by atoms with Crippen molar-refractivity contribution >= 4 is 23.4 Å². The fraction of sp³-hybridized carbons (Fsp3) is 0.188. The van der Waals surface area contributed by atoms with Crippen LogP contribution < -0.4 is 15.8 Å². The Kier molecular flexibility index (Phi) is 5.51. The van der Waals surface area contributed by atoms with Gasteiger partial charge in [0.2, 0.25) is 0 Å². The first-order chi connectivity index (χ1) is 10.2. The summed E-state index contributed by atoms with van der Waals surface area (Å²) < 4.78 is 5.11. The number of thioether (sulfide) groups is 1. The minimum Gasteiger partial charge on any atom is -0.497 e. The second-order valence-corrected chi connectivity index (χ2v) is 5.28. The lowest BCUT2D eigenvalue weighted by Crippen LogP contribution is -2.22. The standard InChI is InChI=1S/C16H19N3OS/c1-20-14-7-5-13(6-8-14)19-16(17)18-11-12-3-9-15(21-2)10-4-12/h3-10H,11H2,1-2H3,(H3,17,18,19). The summed E-state index contributed by atoms with van der Waals surface area (Å²) in [6, 6.07) is 15.8. The van der Waals surface area contributed by atoms with Crippen molar-refractivity contribution in [2.45, 2.75) is 11.4 Å². The van der Waals surface area contributed by atoms with Crippen molar-refractivity contribution in [3.05, 3.63) is 54.1 Å². The summed E-state index contributed by atoms with van der Waals surface area (Å²) in [5.74, 6) is 1.21. The second kappa shape index (κ2) is 7.59. The van der Waals surface area contributed by atoms with Crippen LogP contribution in [0.5, 0.6) is 5.75 Å². The zero-order chi connectivity index (χ0) is 15.1. The first-order valence-electron chi connectivity index (χ1n) is 6.55. The van der Waals surface area contributed by atoms with Crippen molar-refractivity contribution in [3.63, 3.8) is 0 Å². The molecular weight excluding hydrogens is 282 g/mol. The molecule has 0 heterocycles. The minimum absolute atomic E-state index is 0.397. The summed E-state index contributed by atoms with van der Waals surface area (Å²) >= 11 is 1.72. The maximum Gasteiger partial charge on any atom is 0.193 e. The van der Waals surface area contributed by atoms with Crippen LogP contribution in [0.3, 0.4) is 0 Å². The molecule has 2 aromatic carbocycles. The van der Waals surface area contributed by atoms with Crippen molar-refractivity contribution in [1.29, 1.82) is 0 Å². The molecule has 0 saturated heterocycles. The third-order valence-corrected chi connectivity index (χ3v) is 3.70. The molecule has 0 unspecified atom stereocenters. The summed E-state index contributed by atoms with van der Waals surface area (Å²) in [6.45, 7) is 0.559. The quantitative estimate of drug-likeness (QED) is 0.505. The van der Waals surface area contributed by atoms with Crippen molar-refractivity contribution in [2.24, 2.45) is 10.7 Å². The number of hydrogen-bond acceptors (Lipinski definition) is 3. The Labute approximate surface area is 129 Å². The van der Waals surface area contributed by atoms with Gasteiger partial charge in [0.05, 0.1) is 13.7 Å². The van der Waals surface area contributed by atoms with Crippen molar-refractivity contribution in [2.75, 3.05) is 18.7 Å². The molecule has 0 aromatic heterocycles. The summed E-state index contributed by atoms with van der Waals surface area (Å²) in [5, 5.41) is 3.05. The van der Waals surface area contributed by atoms with Gasteiger partial charge >= 0.3 is 0 Å². The first-order valence-corrected chi connectivity index (χ1v) is 7.77. The molecule has 5 heteroatoms.